The van der Waals surface area contributed by atoms with Crippen molar-refractivity contribution in [2.24, 2.45) is 0 Å². The van der Waals surface area contributed by atoms with Gasteiger partial charge in [-0.25, -0.2) is 4.39 Å². The average Bonchev–Trinajstić information content (AvgIpc) is 3.64. The zero-order chi connectivity index (χ0) is 25.9. The number of alkyl halides is 3. The van der Waals surface area contributed by atoms with Crippen LogP contribution in [-0.4, -0.2) is 34.4 Å². The highest BCUT2D eigenvalue weighted by Crippen LogP contribution is 2.37. The number of benzene rings is 1. The fraction of sp³-hybridized carbons (Fsp3) is 0.250. The lowest BCUT2D eigenvalue weighted by Gasteiger charge is -2.17. The molecule has 0 aliphatic heterocycles. The molecule has 36 heavy (non-hydrogen) atoms. The molecule has 2 aromatic heterocycles. The number of anilines is 2. The fourth-order valence-corrected chi connectivity index (χ4v) is 3.44. The highest BCUT2D eigenvalue weighted by Gasteiger charge is 2.51. The van der Waals surface area contributed by atoms with E-state index in [4.69, 9.17) is 4.74 Å². The predicted molar refractivity (Wildman–Crippen MR) is 121 cm³/mol. The van der Waals surface area contributed by atoms with E-state index in [1.165, 1.54) is 43.9 Å². The Hall–Kier alpha value is -4.22. The monoisotopic (exact) mass is 503 g/mol. The summed E-state index contributed by atoms with van der Waals surface area (Å²) in [5.41, 5.74) is -1.53. The van der Waals surface area contributed by atoms with Crippen molar-refractivity contribution in [2.45, 2.75) is 31.1 Å². The molecule has 0 radical (unpaired) electrons. The number of amides is 2. The minimum atomic E-state index is -4.74. The van der Waals surface area contributed by atoms with Gasteiger partial charge in [-0.05, 0) is 49.2 Å². The third kappa shape index (κ3) is 5.70. The molecule has 0 saturated heterocycles. The van der Waals surface area contributed by atoms with Crippen molar-refractivity contribution >= 4 is 23.2 Å². The van der Waals surface area contributed by atoms with Crippen LogP contribution in [0.4, 0.5) is 28.9 Å². The molecule has 12 heteroatoms. The topological polar surface area (TPSA) is 105 Å². The minimum Gasteiger partial charge on any atom is -0.495 e. The standard InChI is InChI=1S/C24H21F4N5O3/c1-36-18-8-14(10-29-13-18)21(34)33-23(6-7-23)22(35)31-11-16-3-4-17(12-30-16)32-20-5-2-15(25)9-19(20)24(26,27)28/h2-5,8-10,12-13,32H,6-7,11H2,1H3,(H,31,35)(H,33,34). The molecule has 1 fully saturated rings. The Balaban J connectivity index is 1.35. The van der Waals surface area contributed by atoms with E-state index in [0.717, 1.165) is 12.1 Å². The van der Waals surface area contributed by atoms with Crippen LogP contribution in [0.5, 0.6) is 5.75 Å². The molecule has 0 spiro atoms. The largest absolute Gasteiger partial charge is 0.495 e. The summed E-state index contributed by atoms with van der Waals surface area (Å²) in [5, 5.41) is 8.03. The van der Waals surface area contributed by atoms with Gasteiger partial charge in [0.15, 0.2) is 0 Å². The van der Waals surface area contributed by atoms with E-state index in [-0.39, 0.29) is 29.4 Å². The maximum absolute atomic E-state index is 13.3. The van der Waals surface area contributed by atoms with Gasteiger partial charge in [0.1, 0.15) is 17.1 Å². The number of hydrogen-bond acceptors (Lipinski definition) is 6. The number of pyridine rings is 2. The molecule has 188 valence electrons. The molecule has 3 N–H and O–H groups in total. The second kappa shape index (κ2) is 9.80. The fourth-order valence-electron chi connectivity index (χ4n) is 3.44. The molecular weight excluding hydrogens is 482 g/mol. The molecule has 4 rings (SSSR count). The number of carbonyl (C=O) groups excluding carboxylic acids is 2. The van der Waals surface area contributed by atoms with Gasteiger partial charge >= 0.3 is 6.18 Å². The van der Waals surface area contributed by atoms with Crippen LogP contribution in [0.2, 0.25) is 0 Å². The molecule has 1 aliphatic rings. The lowest BCUT2D eigenvalue weighted by molar-refractivity contribution is -0.137. The number of hydrogen-bond donors (Lipinski definition) is 3. The van der Waals surface area contributed by atoms with Crippen LogP contribution < -0.4 is 20.7 Å². The normalized spacial score (nSPS) is 14.0. The molecule has 1 aliphatic carbocycles. The zero-order valence-electron chi connectivity index (χ0n) is 18.9. The first-order chi connectivity index (χ1) is 17.1. The van der Waals surface area contributed by atoms with Gasteiger partial charge in [0.25, 0.3) is 5.91 Å². The van der Waals surface area contributed by atoms with Crippen molar-refractivity contribution in [1.82, 2.24) is 20.6 Å². The number of carbonyl (C=O) groups is 2. The van der Waals surface area contributed by atoms with Crippen LogP contribution in [0, 0.1) is 5.82 Å². The summed E-state index contributed by atoms with van der Waals surface area (Å²) >= 11 is 0. The van der Waals surface area contributed by atoms with Crippen LogP contribution in [0.25, 0.3) is 0 Å². The van der Waals surface area contributed by atoms with Gasteiger partial charge in [-0.2, -0.15) is 13.2 Å². The summed E-state index contributed by atoms with van der Waals surface area (Å²) in [6, 6.07) is 6.86. The molecule has 0 unspecified atom stereocenters. The Kier molecular flexibility index (Phi) is 6.77. The van der Waals surface area contributed by atoms with E-state index in [2.05, 4.69) is 25.9 Å². The number of methoxy groups -OCH3 is 1. The van der Waals surface area contributed by atoms with Crippen molar-refractivity contribution in [3.8, 4) is 5.75 Å². The van der Waals surface area contributed by atoms with Crippen LogP contribution in [-0.2, 0) is 17.5 Å². The molecule has 1 aromatic carbocycles. The van der Waals surface area contributed by atoms with Gasteiger partial charge in [0.05, 0.1) is 54.2 Å². The Morgan fingerprint density at radius 3 is 2.50 bits per heavy atom. The maximum atomic E-state index is 13.3. The number of halogens is 4. The van der Waals surface area contributed by atoms with Crippen molar-refractivity contribution < 1.29 is 31.9 Å². The molecule has 3 aromatic rings. The Bertz CT molecular complexity index is 1280. The molecule has 2 heterocycles. The summed E-state index contributed by atoms with van der Waals surface area (Å²) in [7, 11) is 1.45. The quantitative estimate of drug-likeness (QED) is 0.402. The van der Waals surface area contributed by atoms with Crippen molar-refractivity contribution in [1.29, 1.82) is 0 Å². The summed E-state index contributed by atoms with van der Waals surface area (Å²) in [4.78, 5) is 33.3. The molecular formula is C24H21F4N5O3. The van der Waals surface area contributed by atoms with E-state index in [9.17, 15) is 27.2 Å². The van der Waals surface area contributed by atoms with E-state index < -0.39 is 29.0 Å². The Morgan fingerprint density at radius 2 is 1.86 bits per heavy atom. The first kappa shape index (κ1) is 24.9. The number of rotatable bonds is 8. The van der Waals surface area contributed by atoms with Gasteiger partial charge in [-0.3, -0.25) is 19.6 Å². The maximum Gasteiger partial charge on any atom is 0.418 e. The summed E-state index contributed by atoms with van der Waals surface area (Å²) in [6.45, 7) is 0.0435. The highest BCUT2D eigenvalue weighted by atomic mass is 19.4. The van der Waals surface area contributed by atoms with Crippen molar-refractivity contribution in [3.05, 3.63) is 77.6 Å². The third-order valence-electron chi connectivity index (χ3n) is 5.57. The van der Waals surface area contributed by atoms with Crippen LogP contribution in [0.3, 0.4) is 0 Å². The summed E-state index contributed by atoms with van der Waals surface area (Å²) in [5.74, 6) is -1.42. The van der Waals surface area contributed by atoms with Gasteiger partial charge in [-0.15, -0.1) is 0 Å². The Morgan fingerprint density at radius 1 is 1.08 bits per heavy atom. The SMILES string of the molecule is COc1cncc(C(=O)NC2(C(=O)NCc3ccc(Nc4ccc(F)cc4C(F)(F)F)cn3)CC2)c1. The van der Waals surface area contributed by atoms with Gasteiger partial charge in [0, 0.05) is 6.20 Å². The Labute approximate surface area is 203 Å². The third-order valence-corrected chi connectivity index (χ3v) is 5.57. The van der Waals surface area contributed by atoms with E-state index in [0.29, 0.717) is 30.4 Å². The first-order valence-corrected chi connectivity index (χ1v) is 10.8. The van der Waals surface area contributed by atoms with Crippen molar-refractivity contribution in [3.63, 3.8) is 0 Å². The minimum absolute atomic E-state index is 0.0435. The molecule has 2 amide bonds. The van der Waals surface area contributed by atoms with Crippen LogP contribution in [0.15, 0.2) is 55.0 Å². The molecule has 8 nitrogen and oxygen atoms in total. The van der Waals surface area contributed by atoms with Gasteiger partial charge in [0.2, 0.25) is 5.91 Å². The second-order valence-electron chi connectivity index (χ2n) is 8.18. The second-order valence-corrected chi connectivity index (χ2v) is 8.18. The van der Waals surface area contributed by atoms with Gasteiger partial charge in [-0.1, -0.05) is 0 Å². The van der Waals surface area contributed by atoms with Crippen molar-refractivity contribution in [2.75, 3.05) is 12.4 Å². The summed E-state index contributed by atoms with van der Waals surface area (Å²) < 4.78 is 57.9. The highest BCUT2D eigenvalue weighted by molar-refractivity contribution is 6.00. The average molecular weight is 503 g/mol. The molecule has 0 bridgehead atoms. The van der Waals surface area contributed by atoms with Crippen LogP contribution >= 0.6 is 0 Å². The lowest BCUT2D eigenvalue weighted by Crippen LogP contribution is -2.48. The van der Waals surface area contributed by atoms with E-state index in [1.807, 2.05) is 0 Å². The van der Waals surface area contributed by atoms with Gasteiger partial charge < -0.3 is 20.7 Å². The lowest BCUT2D eigenvalue weighted by atomic mass is 10.1. The van der Waals surface area contributed by atoms with Crippen LogP contribution in [0.1, 0.15) is 34.5 Å². The van der Waals surface area contributed by atoms with E-state index >= 15 is 0 Å². The number of aromatic nitrogens is 2. The molecule has 1 saturated carbocycles. The first-order valence-electron chi connectivity index (χ1n) is 10.8. The number of nitrogens with zero attached hydrogens (tertiary/aromatic N) is 2. The van der Waals surface area contributed by atoms with E-state index in [1.54, 1.807) is 0 Å². The number of ether oxygens (including phenoxy) is 1. The number of nitrogens with one attached hydrogen (secondary N) is 3. The molecule has 0 atom stereocenters. The summed E-state index contributed by atoms with van der Waals surface area (Å²) in [6.07, 6.45) is 0.331. The smallest absolute Gasteiger partial charge is 0.418 e. The zero-order valence-corrected chi connectivity index (χ0v) is 18.9. The predicted octanol–water partition coefficient (Wildman–Crippen LogP) is 3.97.